The van der Waals surface area contributed by atoms with Crippen molar-refractivity contribution in [2.45, 2.75) is 5.54 Å². The average molecular weight is 954 g/mol. The molecule has 2 aromatic heterocycles. The second kappa shape index (κ2) is 18.8. The lowest BCUT2D eigenvalue weighted by Gasteiger charge is -2.29. The Morgan fingerprint density at radius 2 is 1.52 bits per heavy atom. The smallest absolute Gasteiger partial charge is 0.147 e. The fraction of sp³-hybridized carbons (Fsp3) is 0.0513. The number of hydrogen-bond donors (Lipinski definition) is 1. The molecule has 0 amide bonds. The first-order chi connectivity index (χ1) is 24.6. The summed E-state index contributed by atoms with van der Waals surface area (Å²) in [6, 6.07) is 36.8. The van der Waals surface area contributed by atoms with Crippen LogP contribution in [-0.2, 0) is 16.5 Å². The molecule has 2 unspecified atom stereocenters. The van der Waals surface area contributed by atoms with Crippen molar-refractivity contribution >= 4 is 78.4 Å². The number of halogens is 5. The van der Waals surface area contributed by atoms with Crippen LogP contribution >= 0.6 is 55.8 Å². The summed E-state index contributed by atoms with van der Waals surface area (Å²) in [7, 11) is -1.35. The Morgan fingerprint density at radius 1 is 0.827 bits per heavy atom. The monoisotopic (exact) mass is 952 g/mol. The summed E-state index contributed by atoms with van der Waals surface area (Å²) in [5.41, 5.74) is 10.7. The number of benzene rings is 4. The number of nitriles is 1. The van der Waals surface area contributed by atoms with E-state index in [1.54, 1.807) is 30.5 Å². The summed E-state index contributed by atoms with van der Waals surface area (Å²) in [6.45, 7) is 0. The van der Waals surface area contributed by atoms with Crippen LogP contribution in [0, 0.1) is 23.0 Å². The first-order valence-corrected chi connectivity index (χ1v) is 18.3. The van der Waals surface area contributed by atoms with Gasteiger partial charge in [-0.05, 0) is 59.7 Å². The van der Waals surface area contributed by atoms with Gasteiger partial charge >= 0.3 is 0 Å². The third kappa shape index (κ3) is 9.48. The van der Waals surface area contributed by atoms with Gasteiger partial charge in [-0.25, -0.2) is 18.0 Å². The van der Waals surface area contributed by atoms with Crippen LogP contribution in [-0.4, -0.2) is 32.0 Å². The Balaban J connectivity index is 0.000000195. The van der Waals surface area contributed by atoms with E-state index in [0.29, 0.717) is 28.2 Å². The SMILES string of the molecule is CS(=O)N=C(c1cccc(Br)c1)c1ccccc1C#N.Fc1cccnc1.I.NC1=NC(c2cccc(Br)c2)(c2ccncc2F)c2ccccc21. The van der Waals surface area contributed by atoms with E-state index in [1.165, 1.54) is 30.9 Å². The minimum absolute atomic E-state index is 0. The molecule has 13 heteroatoms. The molecule has 2 N–H and O–H groups in total. The molecule has 6 aromatic rings. The number of aliphatic imine (C=N–C) groups is 1. The molecule has 52 heavy (non-hydrogen) atoms. The molecular formula is C39H29Br2F2IN6OS. The van der Waals surface area contributed by atoms with Crippen LogP contribution in [0.25, 0.3) is 0 Å². The topological polar surface area (TPSA) is 117 Å². The van der Waals surface area contributed by atoms with Crippen molar-refractivity contribution < 1.29 is 13.0 Å². The minimum Gasteiger partial charge on any atom is -0.383 e. The molecule has 0 spiro atoms. The molecule has 7 rings (SSSR count). The highest BCUT2D eigenvalue weighted by Crippen LogP contribution is 2.46. The summed E-state index contributed by atoms with van der Waals surface area (Å²) in [4.78, 5) is 12.1. The lowest BCUT2D eigenvalue weighted by atomic mass is 9.78. The van der Waals surface area contributed by atoms with Crippen LogP contribution in [0.4, 0.5) is 8.78 Å². The number of amidine groups is 1. The van der Waals surface area contributed by atoms with Gasteiger partial charge in [0.15, 0.2) is 0 Å². The number of pyridine rings is 2. The van der Waals surface area contributed by atoms with Crippen molar-refractivity contribution in [1.29, 1.82) is 5.26 Å². The summed E-state index contributed by atoms with van der Waals surface area (Å²) < 4.78 is 44.0. The van der Waals surface area contributed by atoms with Gasteiger partial charge in [0, 0.05) is 49.8 Å². The molecule has 0 saturated carbocycles. The predicted molar refractivity (Wildman–Crippen MR) is 220 cm³/mol. The Kier molecular flexibility index (Phi) is 14.6. The maximum absolute atomic E-state index is 14.7. The van der Waals surface area contributed by atoms with E-state index in [9.17, 15) is 18.3 Å². The molecular weight excluding hydrogens is 925 g/mol. The van der Waals surface area contributed by atoms with Gasteiger partial charge < -0.3 is 5.73 Å². The van der Waals surface area contributed by atoms with Crippen molar-refractivity contribution in [3.63, 3.8) is 0 Å². The van der Waals surface area contributed by atoms with Gasteiger partial charge in [-0.15, -0.1) is 24.0 Å². The quantitative estimate of drug-likeness (QED) is 0.137. The zero-order valence-electron chi connectivity index (χ0n) is 27.3. The van der Waals surface area contributed by atoms with Crippen molar-refractivity contribution in [2.75, 3.05) is 6.26 Å². The van der Waals surface area contributed by atoms with Crippen molar-refractivity contribution in [1.82, 2.24) is 9.97 Å². The molecule has 0 aliphatic carbocycles. The molecule has 3 heterocycles. The standard InChI is InChI=1S/C19H13BrFN3.C15H11BrN2OS.C5H4FN.HI/c20-13-5-3-4-12(10-13)19(16-8-9-23-11-17(16)21)15-7-2-1-6-14(15)18(22)24-19;1-20(19)18-15(11-6-4-7-13(16)9-11)14-8-3-2-5-12(14)10-17;6-5-2-1-3-7-4-5;/h1-11H,(H2,22,24);2-9H,1H3;1-4H;1H. The predicted octanol–water partition coefficient (Wildman–Crippen LogP) is 9.28. The van der Waals surface area contributed by atoms with Gasteiger partial charge in [-0.2, -0.15) is 9.66 Å². The third-order valence-electron chi connectivity index (χ3n) is 7.53. The molecule has 0 bridgehead atoms. The van der Waals surface area contributed by atoms with Gasteiger partial charge in [-0.3, -0.25) is 9.97 Å². The highest BCUT2D eigenvalue weighted by atomic mass is 127. The van der Waals surface area contributed by atoms with Crippen LogP contribution in [0.2, 0.25) is 0 Å². The lowest BCUT2D eigenvalue weighted by molar-refractivity contribution is 0.555. The Labute approximate surface area is 336 Å². The normalized spacial score (nSPS) is 14.8. The number of hydrogen-bond acceptors (Lipinski definition) is 6. The highest BCUT2D eigenvalue weighted by molar-refractivity contribution is 14.0. The highest BCUT2D eigenvalue weighted by Gasteiger charge is 2.44. The van der Waals surface area contributed by atoms with E-state index in [-0.39, 0.29) is 29.8 Å². The second-order valence-electron chi connectivity index (χ2n) is 10.8. The van der Waals surface area contributed by atoms with Crippen LogP contribution in [0.5, 0.6) is 0 Å². The number of fused-ring (bicyclic) bond motifs is 1. The van der Waals surface area contributed by atoms with Crippen LogP contribution < -0.4 is 5.73 Å². The molecule has 262 valence electrons. The first-order valence-electron chi connectivity index (χ1n) is 15.2. The molecule has 7 nitrogen and oxygen atoms in total. The van der Waals surface area contributed by atoms with Gasteiger partial charge in [0.1, 0.15) is 34.0 Å². The van der Waals surface area contributed by atoms with Crippen LogP contribution in [0.1, 0.15) is 38.9 Å². The van der Waals surface area contributed by atoms with E-state index in [4.69, 9.17) is 10.7 Å². The van der Waals surface area contributed by atoms with Crippen LogP contribution in [0.3, 0.4) is 0 Å². The van der Waals surface area contributed by atoms with Gasteiger partial charge in [0.25, 0.3) is 0 Å². The number of nitrogens with two attached hydrogens (primary N) is 1. The fourth-order valence-electron chi connectivity index (χ4n) is 5.44. The largest absolute Gasteiger partial charge is 0.383 e. The van der Waals surface area contributed by atoms with Crippen molar-refractivity contribution in [3.8, 4) is 6.07 Å². The number of aromatic nitrogens is 2. The summed E-state index contributed by atoms with van der Waals surface area (Å²) in [5, 5.41) is 9.21. The summed E-state index contributed by atoms with van der Waals surface area (Å²) in [5.74, 6) is -0.296. The zero-order valence-corrected chi connectivity index (χ0v) is 33.6. The van der Waals surface area contributed by atoms with Crippen molar-refractivity contribution in [3.05, 3.63) is 200 Å². The first kappa shape index (κ1) is 40.3. The molecule has 1 aliphatic heterocycles. The molecule has 0 saturated heterocycles. The summed E-state index contributed by atoms with van der Waals surface area (Å²) in [6.07, 6.45) is 6.99. The van der Waals surface area contributed by atoms with E-state index in [1.807, 2.05) is 84.9 Å². The zero-order chi connectivity index (χ0) is 36.4. The van der Waals surface area contributed by atoms with Gasteiger partial charge in [0.05, 0.1) is 29.7 Å². The van der Waals surface area contributed by atoms with Gasteiger partial charge in [-0.1, -0.05) is 98.6 Å². The average Bonchev–Trinajstić information content (AvgIpc) is 3.44. The maximum atomic E-state index is 14.7. The Hall–Kier alpha value is -4.49. The lowest BCUT2D eigenvalue weighted by Crippen LogP contribution is -2.27. The third-order valence-corrected chi connectivity index (χ3v) is 8.96. The van der Waals surface area contributed by atoms with Gasteiger partial charge in [0.2, 0.25) is 0 Å². The van der Waals surface area contributed by atoms with E-state index >= 15 is 0 Å². The van der Waals surface area contributed by atoms with E-state index < -0.39 is 22.3 Å². The van der Waals surface area contributed by atoms with E-state index in [2.05, 4.69) is 52.3 Å². The fourth-order valence-corrected chi connectivity index (χ4v) is 6.70. The number of rotatable bonds is 5. The molecule has 1 aliphatic rings. The number of nitrogens with zero attached hydrogens (tertiary/aromatic N) is 5. The molecule has 2 atom stereocenters. The van der Waals surface area contributed by atoms with E-state index in [0.717, 1.165) is 31.2 Å². The molecule has 0 radical (unpaired) electrons. The summed E-state index contributed by atoms with van der Waals surface area (Å²) >= 11 is 6.90. The maximum Gasteiger partial charge on any atom is 0.147 e. The molecule has 4 aromatic carbocycles. The second-order valence-corrected chi connectivity index (χ2v) is 13.7. The Bertz CT molecular complexity index is 2310. The minimum atomic E-state index is -1.35. The molecule has 0 fully saturated rings. The van der Waals surface area contributed by atoms with Crippen molar-refractivity contribution in [2.24, 2.45) is 15.1 Å². The Morgan fingerprint density at radius 3 is 2.15 bits per heavy atom. The van der Waals surface area contributed by atoms with Crippen LogP contribution in [0.15, 0.2) is 158 Å².